The zero-order valence-corrected chi connectivity index (χ0v) is 10.5. The van der Waals surface area contributed by atoms with Gasteiger partial charge in [-0.05, 0) is 37.1 Å². The lowest BCUT2D eigenvalue weighted by Gasteiger charge is -2.26. The molecule has 10 heavy (non-hydrogen) atoms. The molecule has 0 aliphatic heterocycles. The summed E-state index contributed by atoms with van der Waals surface area (Å²) in [6, 6.07) is 0. The summed E-state index contributed by atoms with van der Waals surface area (Å²) >= 11 is 11.1. The molecule has 0 aliphatic rings. The van der Waals surface area contributed by atoms with Gasteiger partial charge in [0, 0.05) is 0 Å². The molecule has 0 aromatic carbocycles. The van der Waals surface area contributed by atoms with Gasteiger partial charge in [0.05, 0.1) is 0 Å². The Labute approximate surface area is 74.7 Å². The molecular formula is C6H16P2S2. The van der Waals surface area contributed by atoms with Gasteiger partial charge in [-0.1, -0.05) is 37.5 Å². The van der Waals surface area contributed by atoms with Gasteiger partial charge in [-0.25, -0.2) is 0 Å². The van der Waals surface area contributed by atoms with Gasteiger partial charge in [0.2, 0.25) is 0 Å². The molecule has 0 saturated heterocycles. The van der Waals surface area contributed by atoms with Gasteiger partial charge in [0.1, 0.15) is 0 Å². The Balaban J connectivity index is 4.69. The monoisotopic (exact) mass is 214 g/mol. The largest absolute Gasteiger partial charge is 0.0925 e. The maximum atomic E-state index is 5.60. The molecule has 0 aromatic rings. The summed E-state index contributed by atoms with van der Waals surface area (Å²) in [6.45, 7) is 8.79. The average Bonchev–Trinajstić information content (AvgIpc) is 1.84. The predicted molar refractivity (Wildman–Crippen MR) is 61.5 cm³/mol. The summed E-state index contributed by atoms with van der Waals surface area (Å²) in [5.41, 5.74) is -2.23. The molecule has 0 heterocycles. The Hall–Kier alpha value is 1.30. The van der Waals surface area contributed by atoms with Crippen molar-refractivity contribution in [3.05, 3.63) is 0 Å². The Morgan fingerprint density at radius 1 is 1.00 bits per heavy atom. The maximum absolute atomic E-state index is 5.60. The summed E-state index contributed by atoms with van der Waals surface area (Å²) in [6.07, 6.45) is 2.31. The molecular weight excluding hydrogens is 198 g/mol. The van der Waals surface area contributed by atoms with Crippen LogP contribution in [0.1, 0.15) is 13.8 Å². The second-order valence-electron chi connectivity index (χ2n) is 2.77. The fourth-order valence-electron chi connectivity index (χ4n) is 0.905. The molecule has 0 bridgehead atoms. The predicted octanol–water partition coefficient (Wildman–Crippen LogP) is 3.16. The lowest BCUT2D eigenvalue weighted by molar-refractivity contribution is 1.43. The molecule has 4 heteroatoms. The zero-order chi connectivity index (χ0) is 8.41. The molecule has 0 aromatic heterocycles. The lowest BCUT2D eigenvalue weighted by Crippen LogP contribution is -1.88. The van der Waals surface area contributed by atoms with Crippen LogP contribution in [-0.4, -0.2) is 25.7 Å². The maximum Gasteiger partial charge on any atom is -0.0140 e. The van der Waals surface area contributed by atoms with Crippen molar-refractivity contribution in [2.75, 3.05) is 25.7 Å². The molecule has 0 atom stereocenters. The Morgan fingerprint density at radius 3 is 1.30 bits per heavy atom. The van der Waals surface area contributed by atoms with Crippen LogP contribution in [0.4, 0.5) is 0 Å². The van der Waals surface area contributed by atoms with Crippen LogP contribution in [0.5, 0.6) is 0 Å². The van der Waals surface area contributed by atoms with E-state index < -0.39 is 11.5 Å². The normalized spacial score (nSPS) is 13.6. The highest BCUT2D eigenvalue weighted by Gasteiger charge is 2.22. The summed E-state index contributed by atoms with van der Waals surface area (Å²) in [5.74, 6) is 0. The quantitative estimate of drug-likeness (QED) is 0.662. The fourth-order valence-corrected chi connectivity index (χ4v) is 8.88. The van der Waals surface area contributed by atoms with Crippen LogP contribution in [0.25, 0.3) is 0 Å². The van der Waals surface area contributed by atoms with Crippen LogP contribution in [0, 0.1) is 0 Å². The van der Waals surface area contributed by atoms with Crippen LogP contribution in [0.3, 0.4) is 0 Å². The van der Waals surface area contributed by atoms with Crippen LogP contribution < -0.4 is 0 Å². The fraction of sp³-hybridized carbons (Fsp3) is 1.00. The summed E-state index contributed by atoms with van der Waals surface area (Å²) in [5, 5.41) is 0. The first-order valence-electron chi connectivity index (χ1n) is 3.51. The van der Waals surface area contributed by atoms with E-state index in [4.69, 9.17) is 23.6 Å². The SMILES string of the molecule is CCP(=S)(CC)P(C)(C)=S. The van der Waals surface area contributed by atoms with Crippen molar-refractivity contribution in [2.24, 2.45) is 0 Å². The third-order valence-corrected chi connectivity index (χ3v) is 21.5. The molecule has 0 rings (SSSR count). The van der Waals surface area contributed by atoms with E-state index in [-0.39, 0.29) is 0 Å². The van der Waals surface area contributed by atoms with E-state index in [1.807, 2.05) is 0 Å². The van der Waals surface area contributed by atoms with Gasteiger partial charge in [0.25, 0.3) is 0 Å². The molecule has 0 amide bonds. The van der Waals surface area contributed by atoms with Crippen molar-refractivity contribution in [3.63, 3.8) is 0 Å². The molecule has 0 unspecified atom stereocenters. The van der Waals surface area contributed by atoms with E-state index in [2.05, 4.69) is 27.2 Å². The van der Waals surface area contributed by atoms with Gasteiger partial charge in [-0.3, -0.25) is 0 Å². The van der Waals surface area contributed by atoms with Gasteiger partial charge < -0.3 is 0 Å². The molecule has 0 nitrogen and oxygen atoms in total. The minimum absolute atomic E-state index is 1.11. The molecule has 0 fully saturated rings. The van der Waals surface area contributed by atoms with Crippen LogP contribution >= 0.6 is 11.5 Å². The van der Waals surface area contributed by atoms with Gasteiger partial charge in [0.15, 0.2) is 0 Å². The third-order valence-electron chi connectivity index (χ3n) is 1.87. The average molecular weight is 214 g/mol. The van der Waals surface area contributed by atoms with Gasteiger partial charge in [-0.15, -0.1) is 0 Å². The van der Waals surface area contributed by atoms with Crippen molar-refractivity contribution < 1.29 is 0 Å². The minimum Gasteiger partial charge on any atom is -0.0925 e. The van der Waals surface area contributed by atoms with E-state index in [0.29, 0.717) is 0 Å². The van der Waals surface area contributed by atoms with Crippen molar-refractivity contribution in [2.45, 2.75) is 13.8 Å². The molecule has 0 radical (unpaired) electrons. The Kier molecular flexibility index (Phi) is 4.30. The third kappa shape index (κ3) is 2.41. The van der Waals surface area contributed by atoms with Crippen molar-refractivity contribution in [1.29, 1.82) is 0 Å². The van der Waals surface area contributed by atoms with E-state index in [1.54, 1.807) is 0 Å². The van der Waals surface area contributed by atoms with Crippen LogP contribution in [0.15, 0.2) is 0 Å². The first-order valence-corrected chi connectivity index (χ1v) is 11.1. The van der Waals surface area contributed by atoms with Crippen LogP contribution in [-0.2, 0) is 23.6 Å². The molecule has 0 saturated carbocycles. The van der Waals surface area contributed by atoms with Crippen molar-refractivity contribution in [1.82, 2.24) is 0 Å². The Bertz CT molecular complexity index is 184. The topological polar surface area (TPSA) is 0 Å². The van der Waals surface area contributed by atoms with Crippen molar-refractivity contribution >= 4 is 35.1 Å². The second kappa shape index (κ2) is 3.81. The van der Waals surface area contributed by atoms with E-state index >= 15 is 0 Å². The minimum atomic E-state index is -1.13. The summed E-state index contributed by atoms with van der Waals surface area (Å²) in [7, 11) is 0. The zero-order valence-electron chi connectivity index (χ0n) is 7.13. The van der Waals surface area contributed by atoms with E-state index in [1.165, 1.54) is 0 Å². The summed E-state index contributed by atoms with van der Waals surface area (Å²) < 4.78 is 0. The Morgan fingerprint density at radius 2 is 1.30 bits per heavy atom. The molecule has 62 valence electrons. The van der Waals surface area contributed by atoms with E-state index in [0.717, 1.165) is 12.3 Å². The molecule has 0 spiro atoms. The summed E-state index contributed by atoms with van der Waals surface area (Å²) in [4.78, 5) is 0. The number of rotatable bonds is 3. The van der Waals surface area contributed by atoms with E-state index in [9.17, 15) is 0 Å². The number of hydrogen-bond acceptors (Lipinski definition) is 2. The first kappa shape index (κ1) is 11.3. The molecule has 0 aliphatic carbocycles. The molecule has 0 N–H and O–H groups in total. The number of hydrogen-bond donors (Lipinski definition) is 0. The smallest absolute Gasteiger partial charge is 0.0140 e. The standard InChI is InChI=1S/C6H16P2S2/c1-5-8(10,6-2)7(3,4)9/h5-6H2,1-4H3. The van der Waals surface area contributed by atoms with Crippen molar-refractivity contribution in [3.8, 4) is 0 Å². The highest BCUT2D eigenvalue weighted by molar-refractivity contribution is 8.65. The van der Waals surface area contributed by atoms with Gasteiger partial charge >= 0.3 is 0 Å². The second-order valence-corrected chi connectivity index (χ2v) is 20.1. The first-order chi connectivity index (χ1) is 4.37. The highest BCUT2D eigenvalue weighted by atomic mass is 32.8. The lowest BCUT2D eigenvalue weighted by atomic mass is 11.0. The highest BCUT2D eigenvalue weighted by Crippen LogP contribution is 2.77. The van der Waals surface area contributed by atoms with Gasteiger partial charge in [-0.2, -0.15) is 0 Å². The van der Waals surface area contributed by atoms with Crippen LogP contribution in [0.2, 0.25) is 0 Å².